The van der Waals surface area contributed by atoms with Crippen LogP contribution in [0.2, 0.25) is 20.1 Å². The molecule has 8 heteroatoms. The van der Waals surface area contributed by atoms with E-state index in [1.165, 1.54) is 0 Å². The minimum absolute atomic E-state index is 0.153. The van der Waals surface area contributed by atoms with Gasteiger partial charge < -0.3 is 20.4 Å². The van der Waals surface area contributed by atoms with Gasteiger partial charge in [0.1, 0.15) is 11.5 Å². The average molecular weight is 526 g/mol. The molecular formula is C25H20Cl4O4. The lowest BCUT2D eigenvalue weighted by atomic mass is 9.78. The molecule has 0 heterocycles. The number of benzene rings is 4. The Morgan fingerprint density at radius 2 is 1.06 bits per heavy atom. The first-order chi connectivity index (χ1) is 15.4. The van der Waals surface area contributed by atoms with E-state index in [4.69, 9.17) is 51.5 Å². The first kappa shape index (κ1) is 25.1. The van der Waals surface area contributed by atoms with Gasteiger partial charge in [-0.15, -0.1) is 0 Å². The van der Waals surface area contributed by atoms with E-state index in [2.05, 4.69) is 0 Å². The molecule has 0 bridgehead atoms. The molecular weight excluding hydrogens is 506 g/mol. The molecule has 0 unspecified atom stereocenters. The molecule has 0 fully saturated rings. The predicted octanol–water partition coefficient (Wildman–Crippen LogP) is 8.29. The average Bonchev–Trinajstić information content (AvgIpc) is 2.75. The van der Waals surface area contributed by atoms with Crippen molar-refractivity contribution in [3.63, 3.8) is 0 Å². The van der Waals surface area contributed by atoms with Crippen molar-refractivity contribution >= 4 is 57.2 Å². The van der Waals surface area contributed by atoms with Gasteiger partial charge in [-0.3, -0.25) is 0 Å². The van der Waals surface area contributed by atoms with Crippen LogP contribution < -0.4 is 0 Å². The summed E-state index contributed by atoms with van der Waals surface area (Å²) in [5.74, 6) is 0.153. The van der Waals surface area contributed by atoms with Crippen molar-refractivity contribution in [3.05, 3.63) is 91.9 Å². The van der Waals surface area contributed by atoms with E-state index in [0.29, 0.717) is 0 Å². The summed E-state index contributed by atoms with van der Waals surface area (Å²) in [6, 6.07) is 16.6. The zero-order chi connectivity index (χ0) is 24.5. The molecule has 0 amide bonds. The molecule has 0 atom stereocenters. The van der Waals surface area contributed by atoms with Crippen molar-refractivity contribution in [2.45, 2.75) is 19.3 Å². The normalized spacial score (nSPS) is 11.2. The summed E-state index contributed by atoms with van der Waals surface area (Å²) in [5, 5.41) is 40.1. The standard InChI is InChI=1S/C15H12Cl4O2.C10H8O2/c1-15(2,7-3-9(16)13(20)10(17)4-7)8-5-11(18)14(21)12(19)6-8;11-8-4-5-9-7(6-8)2-1-3-10(9)12/h3-6,20-21H,1-2H3;1-6,11-12H. The quantitative estimate of drug-likeness (QED) is 0.212. The van der Waals surface area contributed by atoms with Gasteiger partial charge in [-0.2, -0.15) is 0 Å². The summed E-state index contributed by atoms with van der Waals surface area (Å²) in [6.45, 7) is 3.87. The lowest BCUT2D eigenvalue weighted by Gasteiger charge is -2.27. The van der Waals surface area contributed by atoms with E-state index in [1.54, 1.807) is 54.6 Å². The Kier molecular flexibility index (Phi) is 7.45. The van der Waals surface area contributed by atoms with E-state index in [1.807, 2.05) is 19.9 Å². The molecule has 4 aromatic carbocycles. The highest BCUT2D eigenvalue weighted by molar-refractivity contribution is 6.37. The van der Waals surface area contributed by atoms with Crippen LogP contribution in [0.25, 0.3) is 10.8 Å². The number of halogens is 4. The zero-order valence-electron chi connectivity index (χ0n) is 17.6. The van der Waals surface area contributed by atoms with Gasteiger partial charge in [0.15, 0.2) is 11.5 Å². The van der Waals surface area contributed by atoms with Crippen LogP contribution in [0.15, 0.2) is 60.7 Å². The van der Waals surface area contributed by atoms with Crippen molar-refractivity contribution in [3.8, 4) is 23.0 Å². The van der Waals surface area contributed by atoms with Crippen molar-refractivity contribution in [2.75, 3.05) is 0 Å². The van der Waals surface area contributed by atoms with Crippen LogP contribution in [0, 0.1) is 0 Å². The number of hydrogen-bond acceptors (Lipinski definition) is 4. The maximum atomic E-state index is 9.65. The Labute approximate surface area is 211 Å². The van der Waals surface area contributed by atoms with Crippen molar-refractivity contribution < 1.29 is 20.4 Å². The Hall–Kier alpha value is -2.50. The molecule has 0 aliphatic carbocycles. The monoisotopic (exact) mass is 524 g/mol. The van der Waals surface area contributed by atoms with Gasteiger partial charge in [0.25, 0.3) is 0 Å². The fourth-order valence-corrected chi connectivity index (χ4v) is 4.25. The summed E-state index contributed by atoms with van der Waals surface area (Å²) in [7, 11) is 0. The van der Waals surface area contributed by atoms with Gasteiger partial charge in [-0.05, 0) is 65.0 Å². The van der Waals surface area contributed by atoms with Gasteiger partial charge in [-0.1, -0.05) is 72.4 Å². The van der Waals surface area contributed by atoms with Crippen LogP contribution in [-0.4, -0.2) is 20.4 Å². The van der Waals surface area contributed by atoms with Crippen molar-refractivity contribution in [1.29, 1.82) is 0 Å². The Balaban J connectivity index is 0.000000215. The fourth-order valence-electron chi connectivity index (χ4n) is 3.27. The van der Waals surface area contributed by atoms with Crippen molar-refractivity contribution in [2.24, 2.45) is 0 Å². The van der Waals surface area contributed by atoms with Crippen molar-refractivity contribution in [1.82, 2.24) is 0 Å². The topological polar surface area (TPSA) is 80.9 Å². The number of phenols is 4. The minimum Gasteiger partial charge on any atom is -0.508 e. The van der Waals surface area contributed by atoms with Gasteiger partial charge in [0.2, 0.25) is 0 Å². The van der Waals surface area contributed by atoms with Crippen LogP contribution in [0.4, 0.5) is 0 Å². The number of phenolic OH excluding ortho intramolecular Hbond substituents is 4. The third kappa shape index (κ3) is 5.36. The Morgan fingerprint density at radius 3 is 1.52 bits per heavy atom. The van der Waals surface area contributed by atoms with Crippen LogP contribution in [0.1, 0.15) is 25.0 Å². The van der Waals surface area contributed by atoms with E-state index in [0.717, 1.165) is 21.9 Å². The lowest BCUT2D eigenvalue weighted by molar-refractivity contribution is 0.473. The second-order valence-corrected chi connectivity index (χ2v) is 9.51. The zero-order valence-corrected chi connectivity index (χ0v) is 20.6. The second-order valence-electron chi connectivity index (χ2n) is 7.88. The SMILES string of the molecule is CC(C)(c1cc(Cl)c(O)c(Cl)c1)c1cc(Cl)c(O)c(Cl)c1.Oc1ccc2c(O)cccc2c1. The first-order valence-corrected chi connectivity index (χ1v) is 11.2. The summed E-state index contributed by atoms with van der Waals surface area (Å²) < 4.78 is 0. The summed E-state index contributed by atoms with van der Waals surface area (Å²) in [5.41, 5.74) is 1.04. The highest BCUT2D eigenvalue weighted by Crippen LogP contribution is 2.42. The van der Waals surface area contributed by atoms with E-state index >= 15 is 0 Å². The van der Waals surface area contributed by atoms with Crippen LogP contribution in [0.5, 0.6) is 23.0 Å². The summed E-state index contributed by atoms with van der Waals surface area (Å²) in [6.07, 6.45) is 0. The largest absolute Gasteiger partial charge is 0.508 e. The summed E-state index contributed by atoms with van der Waals surface area (Å²) >= 11 is 23.9. The van der Waals surface area contributed by atoms with Gasteiger partial charge >= 0.3 is 0 Å². The molecule has 0 aliphatic rings. The van der Waals surface area contributed by atoms with E-state index in [9.17, 15) is 15.3 Å². The molecule has 4 rings (SSSR count). The molecule has 0 saturated carbocycles. The maximum absolute atomic E-state index is 9.65. The smallest absolute Gasteiger partial charge is 0.152 e. The van der Waals surface area contributed by atoms with Crippen LogP contribution in [-0.2, 0) is 5.41 Å². The molecule has 0 aliphatic heterocycles. The number of fused-ring (bicyclic) bond motifs is 1. The Bertz CT molecular complexity index is 1230. The van der Waals surface area contributed by atoms with Gasteiger partial charge in [0.05, 0.1) is 20.1 Å². The lowest BCUT2D eigenvalue weighted by Crippen LogP contribution is -2.19. The van der Waals surface area contributed by atoms with Crippen LogP contribution in [0.3, 0.4) is 0 Å². The molecule has 4 N–H and O–H groups in total. The third-order valence-electron chi connectivity index (χ3n) is 5.32. The number of aromatic hydroxyl groups is 4. The summed E-state index contributed by atoms with van der Waals surface area (Å²) in [4.78, 5) is 0. The van der Waals surface area contributed by atoms with E-state index in [-0.39, 0.29) is 43.1 Å². The van der Waals surface area contributed by atoms with Gasteiger partial charge in [0, 0.05) is 10.8 Å². The first-order valence-electron chi connectivity index (χ1n) is 9.69. The third-order valence-corrected chi connectivity index (χ3v) is 6.47. The molecule has 0 aromatic heterocycles. The fraction of sp³-hybridized carbons (Fsp3) is 0.120. The molecule has 4 nitrogen and oxygen atoms in total. The van der Waals surface area contributed by atoms with Gasteiger partial charge in [-0.25, -0.2) is 0 Å². The Morgan fingerprint density at radius 1 is 0.606 bits per heavy atom. The molecule has 0 spiro atoms. The highest BCUT2D eigenvalue weighted by Gasteiger charge is 2.27. The molecule has 172 valence electrons. The van der Waals surface area contributed by atoms with E-state index < -0.39 is 5.41 Å². The molecule has 4 aromatic rings. The number of rotatable bonds is 2. The molecule has 0 saturated heterocycles. The minimum atomic E-state index is -0.526. The molecule has 33 heavy (non-hydrogen) atoms. The highest BCUT2D eigenvalue weighted by atomic mass is 35.5. The second kappa shape index (κ2) is 9.78. The van der Waals surface area contributed by atoms with Crippen LogP contribution >= 0.6 is 46.4 Å². The number of hydrogen-bond donors (Lipinski definition) is 4. The maximum Gasteiger partial charge on any atom is 0.152 e. The predicted molar refractivity (Wildman–Crippen MR) is 136 cm³/mol. The molecule has 0 radical (unpaired) electrons.